The Morgan fingerprint density at radius 2 is 2.13 bits per heavy atom. The molecule has 3 heteroatoms. The lowest BCUT2D eigenvalue weighted by molar-refractivity contribution is 0.503. The topological polar surface area (TPSA) is 12.0 Å². The molecular weight excluding hydrogens is 257 g/mol. The highest BCUT2D eigenvalue weighted by Gasteiger charge is 2.13. The Labute approximate surface area is 99.2 Å². The smallest absolute Gasteiger partial charge is 0.123 e. The van der Waals surface area contributed by atoms with E-state index in [4.69, 9.17) is 0 Å². The molecule has 0 bridgehead atoms. The first-order valence-electron chi connectivity index (χ1n) is 5.37. The average Bonchev–Trinajstić information content (AvgIpc) is 2.21. The van der Waals surface area contributed by atoms with Gasteiger partial charge in [-0.3, -0.25) is 0 Å². The van der Waals surface area contributed by atoms with Crippen LogP contribution in [0.5, 0.6) is 0 Å². The number of hydrogen-bond acceptors (Lipinski definition) is 1. The third-order valence-corrected chi connectivity index (χ3v) is 3.08. The molecule has 0 radical (unpaired) electrons. The van der Waals surface area contributed by atoms with Crippen LogP contribution in [-0.2, 0) is 0 Å². The molecule has 1 N–H and O–H groups in total. The zero-order valence-corrected chi connectivity index (χ0v) is 10.8. The number of halogens is 2. The van der Waals surface area contributed by atoms with Gasteiger partial charge in [0, 0.05) is 10.5 Å². The normalized spacial score (nSPS) is 12.8. The molecule has 1 rings (SSSR count). The molecule has 0 saturated carbocycles. The molecule has 0 fully saturated rings. The van der Waals surface area contributed by atoms with Crippen LogP contribution in [0.2, 0.25) is 0 Å². The molecule has 0 aliphatic heterocycles. The third-order valence-electron chi connectivity index (χ3n) is 2.36. The summed E-state index contributed by atoms with van der Waals surface area (Å²) in [6.45, 7) is 5.10. The lowest BCUT2D eigenvalue weighted by Gasteiger charge is -2.19. The maximum absolute atomic E-state index is 13.1. The van der Waals surface area contributed by atoms with Gasteiger partial charge in [-0.05, 0) is 36.7 Å². The molecule has 15 heavy (non-hydrogen) atoms. The second kappa shape index (κ2) is 6.23. The van der Waals surface area contributed by atoms with Gasteiger partial charge in [-0.2, -0.15) is 0 Å². The summed E-state index contributed by atoms with van der Waals surface area (Å²) in [7, 11) is 0. The van der Waals surface area contributed by atoms with Crippen LogP contribution >= 0.6 is 15.9 Å². The fourth-order valence-corrected chi connectivity index (χ4v) is 2.21. The average molecular weight is 274 g/mol. The summed E-state index contributed by atoms with van der Waals surface area (Å²) >= 11 is 3.46. The summed E-state index contributed by atoms with van der Waals surface area (Å²) in [5.74, 6) is -0.174. The van der Waals surface area contributed by atoms with Crippen molar-refractivity contribution in [2.75, 3.05) is 6.54 Å². The summed E-state index contributed by atoms with van der Waals surface area (Å²) in [5.41, 5.74) is 1.01. The van der Waals surface area contributed by atoms with E-state index < -0.39 is 0 Å². The van der Waals surface area contributed by atoms with E-state index in [9.17, 15) is 4.39 Å². The summed E-state index contributed by atoms with van der Waals surface area (Å²) in [4.78, 5) is 0. The van der Waals surface area contributed by atoms with Crippen molar-refractivity contribution < 1.29 is 4.39 Å². The van der Waals surface area contributed by atoms with E-state index in [-0.39, 0.29) is 11.9 Å². The Morgan fingerprint density at radius 3 is 2.73 bits per heavy atom. The number of nitrogens with one attached hydrogen (secondary N) is 1. The molecular formula is C12H17BrFN. The Balaban J connectivity index is 2.93. The van der Waals surface area contributed by atoms with E-state index in [1.807, 2.05) is 0 Å². The molecule has 84 valence electrons. The van der Waals surface area contributed by atoms with Crippen molar-refractivity contribution >= 4 is 15.9 Å². The van der Waals surface area contributed by atoms with Gasteiger partial charge in [0.2, 0.25) is 0 Å². The van der Waals surface area contributed by atoms with Gasteiger partial charge in [-0.15, -0.1) is 0 Å². The van der Waals surface area contributed by atoms with E-state index in [1.54, 1.807) is 12.1 Å². The van der Waals surface area contributed by atoms with Crippen LogP contribution in [0.3, 0.4) is 0 Å². The standard InChI is InChI=1S/C12H17BrFN/c1-3-5-12(15-4-2)10-8-9(14)6-7-11(10)13/h6-8,12,15H,3-5H2,1-2H3. The van der Waals surface area contributed by atoms with Crippen LogP contribution in [0.15, 0.2) is 22.7 Å². The number of benzene rings is 1. The largest absolute Gasteiger partial charge is 0.310 e. The molecule has 0 aliphatic carbocycles. The predicted octanol–water partition coefficient (Wildman–Crippen LogP) is 4.04. The van der Waals surface area contributed by atoms with Gasteiger partial charge >= 0.3 is 0 Å². The van der Waals surface area contributed by atoms with Crippen molar-refractivity contribution in [3.63, 3.8) is 0 Å². The lowest BCUT2D eigenvalue weighted by atomic mass is 10.0. The fourth-order valence-electron chi connectivity index (χ4n) is 1.68. The maximum Gasteiger partial charge on any atom is 0.123 e. The molecule has 0 heterocycles. The first-order valence-corrected chi connectivity index (χ1v) is 6.16. The minimum atomic E-state index is -0.174. The Kier molecular flexibility index (Phi) is 5.26. The van der Waals surface area contributed by atoms with Crippen LogP contribution in [-0.4, -0.2) is 6.54 Å². The van der Waals surface area contributed by atoms with Crippen molar-refractivity contribution in [3.05, 3.63) is 34.1 Å². The van der Waals surface area contributed by atoms with Crippen molar-refractivity contribution in [3.8, 4) is 0 Å². The Hall–Kier alpha value is -0.410. The van der Waals surface area contributed by atoms with Gasteiger partial charge < -0.3 is 5.32 Å². The van der Waals surface area contributed by atoms with Gasteiger partial charge in [-0.1, -0.05) is 36.2 Å². The van der Waals surface area contributed by atoms with Gasteiger partial charge in [0.05, 0.1) is 0 Å². The van der Waals surface area contributed by atoms with Crippen molar-refractivity contribution in [1.29, 1.82) is 0 Å². The molecule has 0 amide bonds. The first-order chi connectivity index (χ1) is 7.19. The molecule has 1 nitrogen and oxygen atoms in total. The van der Waals surface area contributed by atoms with E-state index in [0.29, 0.717) is 0 Å². The molecule has 0 aliphatic rings. The second-order valence-electron chi connectivity index (χ2n) is 3.56. The molecule has 1 unspecified atom stereocenters. The van der Waals surface area contributed by atoms with Crippen LogP contribution < -0.4 is 5.32 Å². The highest BCUT2D eigenvalue weighted by atomic mass is 79.9. The first kappa shape index (κ1) is 12.7. The van der Waals surface area contributed by atoms with Crippen LogP contribution in [0.4, 0.5) is 4.39 Å². The minimum Gasteiger partial charge on any atom is -0.310 e. The van der Waals surface area contributed by atoms with E-state index in [0.717, 1.165) is 29.4 Å². The number of rotatable bonds is 5. The maximum atomic E-state index is 13.1. The van der Waals surface area contributed by atoms with Crippen LogP contribution in [0, 0.1) is 5.82 Å². The van der Waals surface area contributed by atoms with Crippen LogP contribution in [0.25, 0.3) is 0 Å². The summed E-state index contributed by atoms with van der Waals surface area (Å²) in [6.07, 6.45) is 2.11. The Morgan fingerprint density at radius 1 is 1.40 bits per heavy atom. The molecule has 1 aromatic rings. The van der Waals surface area contributed by atoms with Gasteiger partial charge in [0.15, 0.2) is 0 Å². The molecule has 0 spiro atoms. The summed E-state index contributed by atoms with van der Waals surface area (Å²) in [5, 5.41) is 3.37. The SMILES string of the molecule is CCCC(NCC)c1cc(F)ccc1Br. The number of hydrogen-bond donors (Lipinski definition) is 1. The summed E-state index contributed by atoms with van der Waals surface area (Å²) in [6, 6.07) is 5.09. The van der Waals surface area contributed by atoms with Crippen molar-refractivity contribution in [1.82, 2.24) is 5.32 Å². The second-order valence-corrected chi connectivity index (χ2v) is 4.42. The highest BCUT2D eigenvalue weighted by Crippen LogP contribution is 2.27. The van der Waals surface area contributed by atoms with Gasteiger partial charge in [-0.25, -0.2) is 4.39 Å². The molecule has 1 aromatic carbocycles. The zero-order valence-electron chi connectivity index (χ0n) is 9.19. The molecule has 0 aromatic heterocycles. The third kappa shape index (κ3) is 3.58. The predicted molar refractivity (Wildman–Crippen MR) is 65.4 cm³/mol. The fraction of sp³-hybridized carbons (Fsp3) is 0.500. The Bertz CT molecular complexity index is 308. The molecule has 0 saturated heterocycles. The van der Waals surface area contributed by atoms with E-state index in [2.05, 4.69) is 35.1 Å². The van der Waals surface area contributed by atoms with Crippen molar-refractivity contribution in [2.24, 2.45) is 0 Å². The highest BCUT2D eigenvalue weighted by molar-refractivity contribution is 9.10. The summed E-state index contributed by atoms with van der Waals surface area (Å²) < 4.78 is 14.1. The lowest BCUT2D eigenvalue weighted by Crippen LogP contribution is -2.21. The molecule has 1 atom stereocenters. The van der Waals surface area contributed by atoms with Crippen LogP contribution in [0.1, 0.15) is 38.3 Å². The van der Waals surface area contributed by atoms with Crippen molar-refractivity contribution in [2.45, 2.75) is 32.7 Å². The van der Waals surface area contributed by atoms with Gasteiger partial charge in [0.1, 0.15) is 5.82 Å². The minimum absolute atomic E-state index is 0.174. The van der Waals surface area contributed by atoms with E-state index >= 15 is 0 Å². The monoisotopic (exact) mass is 273 g/mol. The zero-order chi connectivity index (χ0) is 11.3. The van der Waals surface area contributed by atoms with Gasteiger partial charge in [0.25, 0.3) is 0 Å². The van der Waals surface area contributed by atoms with E-state index in [1.165, 1.54) is 6.07 Å². The quantitative estimate of drug-likeness (QED) is 0.854.